The Hall–Kier alpha value is -1.10. The summed E-state index contributed by atoms with van der Waals surface area (Å²) in [6, 6.07) is 0. The van der Waals surface area contributed by atoms with E-state index in [0.717, 1.165) is 51.4 Å². The highest BCUT2D eigenvalue weighted by Gasteiger charge is 2.44. The molecule has 5 heteroatoms. The van der Waals surface area contributed by atoms with Crippen molar-refractivity contribution in [3.8, 4) is 0 Å². The number of hydrogen-bond acceptors (Lipinski definition) is 3. The Bertz CT molecular complexity index is 393. The zero-order valence-corrected chi connectivity index (χ0v) is 13.1. The lowest BCUT2D eigenvalue weighted by atomic mass is 9.66. The highest BCUT2D eigenvalue weighted by molar-refractivity contribution is 5.79. The zero-order chi connectivity index (χ0) is 15.5. The van der Waals surface area contributed by atoms with Gasteiger partial charge in [0.2, 0.25) is 5.91 Å². The molecule has 5 nitrogen and oxygen atoms in total. The number of hydrogen-bond donors (Lipinski definition) is 2. The zero-order valence-electron chi connectivity index (χ0n) is 13.1. The molecule has 0 bridgehead atoms. The van der Waals surface area contributed by atoms with E-state index >= 15 is 0 Å². The van der Waals surface area contributed by atoms with Gasteiger partial charge < -0.3 is 15.7 Å². The first kappa shape index (κ1) is 16.3. The molecule has 0 heterocycles. The van der Waals surface area contributed by atoms with E-state index in [1.807, 2.05) is 0 Å². The van der Waals surface area contributed by atoms with E-state index < -0.39 is 11.5 Å². The van der Waals surface area contributed by atoms with Gasteiger partial charge in [-0.1, -0.05) is 25.7 Å². The lowest BCUT2D eigenvalue weighted by Crippen LogP contribution is -2.54. The average Bonchev–Trinajstić information content (AvgIpc) is 2.42. The summed E-state index contributed by atoms with van der Waals surface area (Å²) in [4.78, 5) is 25.7. The van der Waals surface area contributed by atoms with Crippen molar-refractivity contribution in [3.05, 3.63) is 0 Å². The molecule has 1 amide bonds. The molecule has 2 aliphatic rings. The fourth-order valence-electron chi connectivity index (χ4n) is 3.96. The number of nitrogens with zero attached hydrogens (tertiary/aromatic N) is 1. The Labute approximate surface area is 126 Å². The molecule has 0 spiro atoms. The van der Waals surface area contributed by atoms with Crippen LogP contribution >= 0.6 is 0 Å². The fraction of sp³-hybridized carbons (Fsp3) is 0.875. The van der Waals surface area contributed by atoms with Crippen molar-refractivity contribution in [2.24, 2.45) is 11.1 Å². The van der Waals surface area contributed by atoms with Gasteiger partial charge in [0.1, 0.15) is 0 Å². The van der Waals surface area contributed by atoms with Crippen LogP contribution in [0.2, 0.25) is 0 Å². The van der Waals surface area contributed by atoms with Crippen LogP contribution in [0.4, 0.5) is 0 Å². The van der Waals surface area contributed by atoms with Gasteiger partial charge in [0.15, 0.2) is 0 Å². The third-order valence-electron chi connectivity index (χ3n) is 5.72. The first-order chi connectivity index (χ1) is 9.93. The summed E-state index contributed by atoms with van der Waals surface area (Å²) in [5.74, 6) is -0.739. The lowest BCUT2D eigenvalue weighted by Gasteiger charge is -2.47. The lowest BCUT2D eigenvalue weighted by molar-refractivity contribution is -0.147. The summed E-state index contributed by atoms with van der Waals surface area (Å²) >= 11 is 0. The quantitative estimate of drug-likeness (QED) is 0.786. The summed E-state index contributed by atoms with van der Waals surface area (Å²) < 4.78 is 0. The molecule has 0 unspecified atom stereocenters. The molecule has 0 aromatic carbocycles. The van der Waals surface area contributed by atoms with Crippen LogP contribution in [0.5, 0.6) is 0 Å². The summed E-state index contributed by atoms with van der Waals surface area (Å²) in [6.07, 6.45) is 8.48. The number of carbonyl (C=O) groups is 2. The average molecular weight is 296 g/mol. The molecule has 0 aliphatic heterocycles. The molecule has 21 heavy (non-hydrogen) atoms. The van der Waals surface area contributed by atoms with Gasteiger partial charge in [-0.25, -0.2) is 0 Å². The molecule has 0 radical (unpaired) electrons. The van der Waals surface area contributed by atoms with Gasteiger partial charge in [0.25, 0.3) is 0 Å². The van der Waals surface area contributed by atoms with Crippen molar-refractivity contribution in [2.45, 2.75) is 69.7 Å². The van der Waals surface area contributed by atoms with Crippen LogP contribution in [0.15, 0.2) is 0 Å². The summed E-state index contributed by atoms with van der Waals surface area (Å²) in [6.45, 7) is 0.554. The maximum absolute atomic E-state index is 12.7. The molecule has 3 N–H and O–H groups in total. The Balaban J connectivity index is 2.08. The van der Waals surface area contributed by atoms with Crippen LogP contribution in [0.3, 0.4) is 0 Å². The maximum Gasteiger partial charge on any atom is 0.305 e. The van der Waals surface area contributed by atoms with Crippen LogP contribution in [0.1, 0.15) is 64.2 Å². The normalized spacial score (nSPS) is 23.1. The molecule has 2 fully saturated rings. The van der Waals surface area contributed by atoms with Crippen molar-refractivity contribution in [2.75, 3.05) is 13.6 Å². The van der Waals surface area contributed by atoms with E-state index in [0.29, 0.717) is 13.0 Å². The van der Waals surface area contributed by atoms with Crippen LogP contribution in [0.25, 0.3) is 0 Å². The number of rotatable bonds is 6. The molecule has 0 aromatic rings. The molecular weight excluding hydrogens is 268 g/mol. The monoisotopic (exact) mass is 296 g/mol. The SMILES string of the molecule is CN(C(=O)CC1(CN)CCC1)C1(CC(=O)O)CCCCC1. The number of carbonyl (C=O) groups excluding carboxylic acids is 1. The third kappa shape index (κ3) is 3.39. The maximum atomic E-state index is 12.7. The van der Waals surface area contributed by atoms with E-state index in [-0.39, 0.29) is 17.7 Å². The van der Waals surface area contributed by atoms with Crippen LogP contribution in [0, 0.1) is 5.41 Å². The molecule has 0 aromatic heterocycles. The minimum absolute atomic E-state index is 0.0234. The minimum Gasteiger partial charge on any atom is -0.481 e. The Kier molecular flexibility index (Phi) is 4.91. The van der Waals surface area contributed by atoms with Gasteiger partial charge in [-0.3, -0.25) is 9.59 Å². The summed E-state index contributed by atoms with van der Waals surface area (Å²) in [5.41, 5.74) is 5.34. The van der Waals surface area contributed by atoms with Gasteiger partial charge in [-0.05, 0) is 37.6 Å². The Morgan fingerprint density at radius 2 is 1.67 bits per heavy atom. The molecule has 2 rings (SSSR count). The number of amides is 1. The fourth-order valence-corrected chi connectivity index (χ4v) is 3.96. The van der Waals surface area contributed by atoms with E-state index in [1.54, 1.807) is 11.9 Å². The van der Waals surface area contributed by atoms with Gasteiger partial charge in [0.05, 0.1) is 12.0 Å². The highest BCUT2D eigenvalue weighted by atomic mass is 16.4. The number of nitrogens with two attached hydrogens (primary N) is 1. The molecule has 120 valence electrons. The molecule has 2 saturated carbocycles. The second kappa shape index (κ2) is 6.34. The van der Waals surface area contributed by atoms with Gasteiger partial charge in [-0.15, -0.1) is 0 Å². The van der Waals surface area contributed by atoms with E-state index in [2.05, 4.69) is 0 Å². The van der Waals surface area contributed by atoms with Crippen LogP contribution in [-0.2, 0) is 9.59 Å². The second-order valence-electron chi connectivity index (χ2n) is 7.04. The van der Waals surface area contributed by atoms with Crippen molar-refractivity contribution in [1.29, 1.82) is 0 Å². The van der Waals surface area contributed by atoms with Crippen molar-refractivity contribution in [3.63, 3.8) is 0 Å². The topological polar surface area (TPSA) is 83.6 Å². The van der Waals surface area contributed by atoms with Crippen molar-refractivity contribution < 1.29 is 14.7 Å². The van der Waals surface area contributed by atoms with Crippen LogP contribution < -0.4 is 5.73 Å². The van der Waals surface area contributed by atoms with Gasteiger partial charge in [0, 0.05) is 13.5 Å². The smallest absolute Gasteiger partial charge is 0.305 e. The van der Waals surface area contributed by atoms with Crippen LogP contribution in [-0.4, -0.2) is 41.0 Å². The number of carboxylic acid groups (broad SMARTS) is 1. The molecule has 0 atom stereocenters. The summed E-state index contributed by atoms with van der Waals surface area (Å²) in [5, 5.41) is 9.24. The van der Waals surface area contributed by atoms with Crippen molar-refractivity contribution in [1.82, 2.24) is 4.90 Å². The number of carboxylic acids is 1. The third-order valence-corrected chi connectivity index (χ3v) is 5.72. The Morgan fingerprint density at radius 3 is 2.10 bits per heavy atom. The first-order valence-corrected chi connectivity index (χ1v) is 8.12. The standard InChI is InChI=1S/C16H28N2O3/c1-18(13(19)10-15(12-17)6-5-7-15)16(11-14(20)21)8-3-2-4-9-16/h2-12,17H2,1H3,(H,20,21). The van der Waals surface area contributed by atoms with Gasteiger partial charge >= 0.3 is 5.97 Å². The Morgan fingerprint density at radius 1 is 1.05 bits per heavy atom. The first-order valence-electron chi connectivity index (χ1n) is 8.12. The molecular formula is C16H28N2O3. The summed E-state index contributed by atoms with van der Waals surface area (Å²) in [7, 11) is 1.79. The molecule has 0 saturated heterocycles. The predicted molar refractivity (Wildman–Crippen MR) is 80.8 cm³/mol. The van der Waals surface area contributed by atoms with E-state index in [9.17, 15) is 14.7 Å². The number of aliphatic carboxylic acids is 1. The second-order valence-corrected chi connectivity index (χ2v) is 7.04. The van der Waals surface area contributed by atoms with Gasteiger partial charge in [-0.2, -0.15) is 0 Å². The van der Waals surface area contributed by atoms with E-state index in [4.69, 9.17) is 5.73 Å². The largest absolute Gasteiger partial charge is 0.481 e. The minimum atomic E-state index is -0.811. The van der Waals surface area contributed by atoms with Crippen molar-refractivity contribution >= 4 is 11.9 Å². The highest BCUT2D eigenvalue weighted by Crippen LogP contribution is 2.44. The predicted octanol–water partition coefficient (Wildman–Crippen LogP) is 2.14. The van der Waals surface area contributed by atoms with E-state index in [1.165, 1.54) is 0 Å². The molecule has 2 aliphatic carbocycles.